The van der Waals surface area contributed by atoms with Crippen molar-refractivity contribution in [2.75, 3.05) is 7.11 Å². The van der Waals surface area contributed by atoms with Crippen molar-refractivity contribution in [2.24, 2.45) is 0 Å². The van der Waals surface area contributed by atoms with Crippen LogP contribution in [0.25, 0.3) is 3.58 Å². The standard InChI is InChI=1S/C9H8FIO/c1-6(11)7-3-4-9(12-2)8(10)5-7/h3-5H,1H2,2H3. The summed E-state index contributed by atoms with van der Waals surface area (Å²) in [6.07, 6.45) is 0. The molecule has 0 heterocycles. The molecule has 0 amide bonds. The molecule has 0 unspecified atom stereocenters. The van der Waals surface area contributed by atoms with Gasteiger partial charge in [0.25, 0.3) is 0 Å². The highest BCUT2D eigenvalue weighted by molar-refractivity contribution is 14.1. The van der Waals surface area contributed by atoms with Gasteiger partial charge in [-0.05, 0) is 40.3 Å². The van der Waals surface area contributed by atoms with Crippen molar-refractivity contribution in [2.45, 2.75) is 0 Å². The second-order valence-corrected chi connectivity index (χ2v) is 3.56. The molecule has 0 aromatic heterocycles. The molecule has 1 nitrogen and oxygen atoms in total. The summed E-state index contributed by atoms with van der Waals surface area (Å²) in [7, 11) is 1.44. The van der Waals surface area contributed by atoms with Gasteiger partial charge in [0.05, 0.1) is 7.11 Å². The Morgan fingerprint density at radius 1 is 1.58 bits per heavy atom. The average Bonchev–Trinajstić information content (AvgIpc) is 2.04. The molecular formula is C9H8FIO. The first-order chi connectivity index (χ1) is 5.65. The minimum absolute atomic E-state index is 0.261. The molecule has 0 aliphatic heterocycles. The maximum Gasteiger partial charge on any atom is 0.165 e. The van der Waals surface area contributed by atoms with Crippen LogP contribution in [0, 0.1) is 5.82 Å². The number of benzene rings is 1. The predicted molar refractivity (Wildman–Crippen MR) is 56.0 cm³/mol. The number of rotatable bonds is 2. The van der Waals surface area contributed by atoms with Crippen LogP contribution in [0.1, 0.15) is 5.56 Å². The van der Waals surface area contributed by atoms with Crippen LogP contribution >= 0.6 is 22.6 Å². The molecule has 3 heteroatoms. The fourth-order valence-corrected chi connectivity index (χ4v) is 1.17. The molecule has 64 valence electrons. The van der Waals surface area contributed by atoms with Crippen LogP contribution in [0.2, 0.25) is 0 Å². The molecule has 0 radical (unpaired) electrons. The molecular weight excluding hydrogens is 270 g/mol. The van der Waals surface area contributed by atoms with E-state index in [1.807, 2.05) is 22.6 Å². The number of halogens is 2. The van der Waals surface area contributed by atoms with Gasteiger partial charge in [-0.15, -0.1) is 0 Å². The van der Waals surface area contributed by atoms with Crippen LogP contribution in [0.3, 0.4) is 0 Å². The third-order valence-corrected chi connectivity index (χ3v) is 2.09. The summed E-state index contributed by atoms with van der Waals surface area (Å²) >= 11 is 2.05. The fraction of sp³-hybridized carbons (Fsp3) is 0.111. The highest BCUT2D eigenvalue weighted by Crippen LogP contribution is 2.24. The van der Waals surface area contributed by atoms with Gasteiger partial charge >= 0.3 is 0 Å². The van der Waals surface area contributed by atoms with Gasteiger partial charge in [0.2, 0.25) is 0 Å². The zero-order valence-corrected chi connectivity index (χ0v) is 8.76. The van der Waals surface area contributed by atoms with E-state index in [0.29, 0.717) is 0 Å². The quantitative estimate of drug-likeness (QED) is 0.755. The minimum atomic E-state index is -0.354. The van der Waals surface area contributed by atoms with Gasteiger partial charge < -0.3 is 4.74 Å². The Morgan fingerprint density at radius 2 is 2.25 bits per heavy atom. The maximum absolute atomic E-state index is 13.0. The highest BCUT2D eigenvalue weighted by atomic mass is 127. The maximum atomic E-state index is 13.0. The normalized spacial score (nSPS) is 9.58. The molecule has 1 aromatic carbocycles. The van der Waals surface area contributed by atoms with E-state index in [1.54, 1.807) is 12.1 Å². The summed E-state index contributed by atoms with van der Waals surface area (Å²) in [6.45, 7) is 3.70. The van der Waals surface area contributed by atoms with Gasteiger partial charge in [-0.3, -0.25) is 0 Å². The van der Waals surface area contributed by atoms with E-state index in [4.69, 9.17) is 4.74 Å². The Morgan fingerprint density at radius 3 is 2.67 bits per heavy atom. The molecule has 0 atom stereocenters. The van der Waals surface area contributed by atoms with Crippen LogP contribution in [0.5, 0.6) is 5.75 Å². The molecule has 0 fully saturated rings. The zero-order chi connectivity index (χ0) is 9.14. The second-order valence-electron chi connectivity index (χ2n) is 2.25. The molecule has 0 aliphatic carbocycles. The van der Waals surface area contributed by atoms with Crippen molar-refractivity contribution in [3.63, 3.8) is 0 Å². The number of ether oxygens (including phenoxy) is 1. The first kappa shape index (κ1) is 9.51. The number of methoxy groups -OCH3 is 1. The van der Waals surface area contributed by atoms with E-state index in [-0.39, 0.29) is 11.6 Å². The molecule has 12 heavy (non-hydrogen) atoms. The summed E-state index contributed by atoms with van der Waals surface area (Å²) in [5.41, 5.74) is 0.786. The van der Waals surface area contributed by atoms with E-state index in [0.717, 1.165) is 9.14 Å². The molecule has 0 bridgehead atoms. The van der Waals surface area contributed by atoms with E-state index in [1.165, 1.54) is 13.2 Å². The van der Waals surface area contributed by atoms with Crippen molar-refractivity contribution in [1.29, 1.82) is 0 Å². The predicted octanol–water partition coefficient (Wildman–Crippen LogP) is 3.24. The van der Waals surface area contributed by atoms with Gasteiger partial charge in [-0.2, -0.15) is 0 Å². The lowest BCUT2D eigenvalue weighted by molar-refractivity contribution is 0.386. The molecule has 0 N–H and O–H groups in total. The van der Waals surface area contributed by atoms with Crippen molar-refractivity contribution in [3.8, 4) is 5.75 Å². The minimum Gasteiger partial charge on any atom is -0.494 e. The van der Waals surface area contributed by atoms with Crippen molar-refractivity contribution < 1.29 is 9.13 Å². The highest BCUT2D eigenvalue weighted by Gasteiger charge is 2.03. The van der Waals surface area contributed by atoms with E-state index in [2.05, 4.69) is 6.58 Å². The van der Waals surface area contributed by atoms with E-state index >= 15 is 0 Å². The van der Waals surface area contributed by atoms with E-state index < -0.39 is 0 Å². The summed E-state index contributed by atoms with van der Waals surface area (Å²) in [6, 6.07) is 4.78. The SMILES string of the molecule is C=C(I)c1ccc(OC)c(F)c1. The smallest absolute Gasteiger partial charge is 0.165 e. The lowest BCUT2D eigenvalue weighted by atomic mass is 10.2. The van der Waals surface area contributed by atoms with Gasteiger partial charge in [-0.25, -0.2) is 4.39 Å². The lowest BCUT2D eigenvalue weighted by Crippen LogP contribution is -1.88. The van der Waals surface area contributed by atoms with E-state index in [9.17, 15) is 4.39 Å². The summed E-state index contributed by atoms with van der Waals surface area (Å²) < 4.78 is 18.6. The first-order valence-electron chi connectivity index (χ1n) is 3.33. The lowest BCUT2D eigenvalue weighted by Gasteiger charge is -2.03. The molecule has 0 saturated carbocycles. The monoisotopic (exact) mass is 278 g/mol. The average molecular weight is 278 g/mol. The second kappa shape index (κ2) is 3.89. The molecule has 0 saturated heterocycles. The van der Waals surface area contributed by atoms with Crippen LogP contribution < -0.4 is 4.74 Å². The Labute approximate surface area is 84.4 Å². The Balaban J connectivity index is 3.10. The molecule has 0 aliphatic rings. The van der Waals surface area contributed by atoms with Gasteiger partial charge in [0.1, 0.15) is 0 Å². The Hall–Kier alpha value is -0.580. The summed E-state index contributed by atoms with van der Waals surface area (Å²) in [5, 5.41) is 0. The Kier molecular flexibility index (Phi) is 3.08. The summed E-state index contributed by atoms with van der Waals surface area (Å²) in [5.74, 6) is -0.0933. The zero-order valence-electron chi connectivity index (χ0n) is 6.60. The molecule has 1 rings (SSSR count). The van der Waals surface area contributed by atoms with Gasteiger partial charge in [0.15, 0.2) is 11.6 Å². The fourth-order valence-electron chi connectivity index (χ4n) is 0.835. The number of hydrogen-bond donors (Lipinski definition) is 0. The molecule has 1 aromatic rings. The van der Waals surface area contributed by atoms with Crippen LogP contribution in [0.15, 0.2) is 24.8 Å². The van der Waals surface area contributed by atoms with Crippen molar-refractivity contribution in [3.05, 3.63) is 36.2 Å². The Bertz CT molecular complexity index is 309. The largest absolute Gasteiger partial charge is 0.494 e. The van der Waals surface area contributed by atoms with Crippen molar-refractivity contribution >= 4 is 26.2 Å². The summed E-state index contributed by atoms with van der Waals surface area (Å²) in [4.78, 5) is 0. The van der Waals surface area contributed by atoms with Crippen LogP contribution in [0.4, 0.5) is 4.39 Å². The first-order valence-corrected chi connectivity index (χ1v) is 4.41. The van der Waals surface area contributed by atoms with Crippen LogP contribution in [-0.2, 0) is 0 Å². The third kappa shape index (κ3) is 1.97. The van der Waals surface area contributed by atoms with Gasteiger partial charge in [-0.1, -0.05) is 12.6 Å². The number of hydrogen-bond acceptors (Lipinski definition) is 1. The van der Waals surface area contributed by atoms with Crippen LogP contribution in [-0.4, -0.2) is 7.11 Å². The third-order valence-electron chi connectivity index (χ3n) is 1.47. The van der Waals surface area contributed by atoms with Crippen molar-refractivity contribution in [1.82, 2.24) is 0 Å². The van der Waals surface area contributed by atoms with Gasteiger partial charge in [0, 0.05) is 3.58 Å². The topological polar surface area (TPSA) is 9.23 Å². The molecule has 0 spiro atoms.